The number of nitrogens with zero attached hydrogens (tertiary/aromatic N) is 4. The van der Waals surface area contributed by atoms with Gasteiger partial charge >= 0.3 is 0 Å². The number of anilines is 1. The van der Waals surface area contributed by atoms with Crippen molar-refractivity contribution >= 4 is 5.82 Å². The lowest BCUT2D eigenvalue weighted by Gasteiger charge is -2.45. The number of rotatable bonds is 3. The smallest absolute Gasteiger partial charge is 0.151 e. The predicted molar refractivity (Wildman–Crippen MR) is 87.5 cm³/mol. The van der Waals surface area contributed by atoms with E-state index in [4.69, 9.17) is 0 Å². The van der Waals surface area contributed by atoms with E-state index in [1.165, 1.54) is 0 Å². The van der Waals surface area contributed by atoms with Gasteiger partial charge in [0.2, 0.25) is 0 Å². The van der Waals surface area contributed by atoms with Crippen LogP contribution in [0.15, 0.2) is 12.1 Å². The molecule has 0 spiro atoms. The van der Waals surface area contributed by atoms with Crippen LogP contribution in [0, 0.1) is 0 Å². The lowest BCUT2D eigenvalue weighted by atomic mass is 10.00. The van der Waals surface area contributed by atoms with Gasteiger partial charge in [-0.05, 0) is 53.8 Å². The first kappa shape index (κ1) is 16.2. The van der Waals surface area contributed by atoms with Crippen LogP contribution in [0.25, 0.3) is 0 Å². The third kappa shape index (κ3) is 4.38. The average Bonchev–Trinajstić information content (AvgIpc) is 2.39. The topological polar surface area (TPSA) is 44.3 Å². The number of hydrogen-bond acceptors (Lipinski definition) is 5. The van der Waals surface area contributed by atoms with Crippen LogP contribution in [0.1, 0.15) is 40.3 Å². The molecule has 0 aromatic carbocycles. The Balaban J connectivity index is 1.99. The minimum atomic E-state index is 0.0990. The number of likely N-dealkylation sites (N-methyl/N-ethyl adjacent to an activating group) is 1. The lowest BCUT2D eigenvalue weighted by molar-refractivity contribution is 0.138. The van der Waals surface area contributed by atoms with Crippen LogP contribution in [0.4, 0.5) is 5.82 Å². The SMILES string of the molecule is CN1CCN(c2ccc(CNC(C)(C)C)nn2)CC1(C)C. The maximum absolute atomic E-state index is 4.41. The van der Waals surface area contributed by atoms with Crippen molar-refractivity contribution in [1.29, 1.82) is 0 Å². The minimum absolute atomic E-state index is 0.0990. The largest absolute Gasteiger partial charge is 0.352 e. The molecule has 5 nitrogen and oxygen atoms in total. The van der Waals surface area contributed by atoms with Crippen LogP contribution >= 0.6 is 0 Å². The minimum Gasteiger partial charge on any atom is -0.352 e. The highest BCUT2D eigenvalue weighted by atomic mass is 15.3. The van der Waals surface area contributed by atoms with Gasteiger partial charge in [-0.1, -0.05) is 0 Å². The van der Waals surface area contributed by atoms with Crippen LogP contribution in [0.5, 0.6) is 0 Å². The summed E-state index contributed by atoms with van der Waals surface area (Å²) in [5, 5.41) is 12.2. The second-order valence-electron chi connectivity index (χ2n) is 7.64. The fraction of sp³-hybridized carbons (Fsp3) is 0.750. The zero-order valence-electron chi connectivity index (χ0n) is 14.3. The fourth-order valence-corrected chi connectivity index (χ4v) is 2.41. The predicted octanol–water partition coefficient (Wildman–Crippen LogP) is 1.90. The monoisotopic (exact) mass is 291 g/mol. The molecule has 0 saturated carbocycles. The molecular weight excluding hydrogens is 262 g/mol. The Bertz CT molecular complexity index is 461. The van der Waals surface area contributed by atoms with Crippen LogP contribution in [-0.2, 0) is 6.54 Å². The van der Waals surface area contributed by atoms with Gasteiger partial charge in [-0.15, -0.1) is 5.10 Å². The molecule has 21 heavy (non-hydrogen) atoms. The standard InChI is InChI=1S/C16H29N5/c1-15(2,3)17-11-13-7-8-14(19-18-13)21-10-9-20(6)16(4,5)12-21/h7-8,17H,9-12H2,1-6H3. The first-order chi connectivity index (χ1) is 9.67. The van der Waals surface area contributed by atoms with Crippen molar-refractivity contribution in [2.45, 2.75) is 52.2 Å². The zero-order chi connectivity index (χ0) is 15.7. The van der Waals surface area contributed by atoms with Gasteiger partial charge in [0.1, 0.15) is 0 Å². The quantitative estimate of drug-likeness (QED) is 0.921. The number of nitrogens with one attached hydrogen (secondary N) is 1. The van der Waals surface area contributed by atoms with E-state index < -0.39 is 0 Å². The summed E-state index contributed by atoms with van der Waals surface area (Å²) in [6.45, 7) is 14.8. The van der Waals surface area contributed by atoms with Gasteiger partial charge < -0.3 is 10.2 Å². The van der Waals surface area contributed by atoms with Crippen LogP contribution in [-0.4, -0.2) is 52.9 Å². The highest BCUT2D eigenvalue weighted by Crippen LogP contribution is 2.22. The first-order valence-corrected chi connectivity index (χ1v) is 7.71. The molecule has 0 radical (unpaired) electrons. The molecular formula is C16H29N5. The molecule has 1 N–H and O–H groups in total. The number of hydrogen-bond donors (Lipinski definition) is 1. The van der Waals surface area contributed by atoms with Crippen molar-refractivity contribution in [3.63, 3.8) is 0 Å². The Labute approximate surface area is 128 Å². The molecule has 0 unspecified atom stereocenters. The van der Waals surface area contributed by atoms with E-state index in [0.29, 0.717) is 0 Å². The lowest BCUT2D eigenvalue weighted by Crippen LogP contribution is -2.57. The van der Waals surface area contributed by atoms with Gasteiger partial charge in [0, 0.05) is 37.3 Å². The Morgan fingerprint density at radius 2 is 1.90 bits per heavy atom. The van der Waals surface area contributed by atoms with E-state index >= 15 is 0 Å². The molecule has 0 bridgehead atoms. The maximum Gasteiger partial charge on any atom is 0.151 e. The van der Waals surface area contributed by atoms with Crippen molar-refractivity contribution in [3.05, 3.63) is 17.8 Å². The van der Waals surface area contributed by atoms with E-state index in [0.717, 1.165) is 37.7 Å². The molecule has 2 heterocycles. The summed E-state index contributed by atoms with van der Waals surface area (Å²) in [7, 11) is 2.18. The Morgan fingerprint density at radius 3 is 2.43 bits per heavy atom. The maximum atomic E-state index is 4.41. The molecule has 1 aliphatic heterocycles. The highest BCUT2D eigenvalue weighted by molar-refractivity contribution is 5.39. The van der Waals surface area contributed by atoms with Crippen molar-refractivity contribution in [1.82, 2.24) is 20.4 Å². The summed E-state index contributed by atoms with van der Waals surface area (Å²) in [5.41, 5.74) is 1.26. The Morgan fingerprint density at radius 1 is 1.19 bits per heavy atom. The van der Waals surface area contributed by atoms with Crippen molar-refractivity contribution in [3.8, 4) is 0 Å². The van der Waals surface area contributed by atoms with E-state index in [1.54, 1.807) is 0 Å². The van der Waals surface area contributed by atoms with E-state index in [2.05, 4.69) is 79.1 Å². The van der Waals surface area contributed by atoms with Gasteiger partial charge in [-0.25, -0.2) is 0 Å². The molecule has 0 aliphatic carbocycles. The summed E-state index contributed by atoms with van der Waals surface area (Å²) < 4.78 is 0. The van der Waals surface area contributed by atoms with Crippen LogP contribution in [0.2, 0.25) is 0 Å². The molecule has 0 atom stereocenters. The van der Waals surface area contributed by atoms with Gasteiger partial charge in [0.15, 0.2) is 5.82 Å². The third-order valence-corrected chi connectivity index (χ3v) is 4.15. The van der Waals surface area contributed by atoms with Crippen LogP contribution in [0.3, 0.4) is 0 Å². The number of piperazine rings is 1. The third-order valence-electron chi connectivity index (χ3n) is 4.15. The molecule has 1 saturated heterocycles. The summed E-state index contributed by atoms with van der Waals surface area (Å²) in [6.07, 6.45) is 0. The van der Waals surface area contributed by atoms with Crippen molar-refractivity contribution in [2.75, 3.05) is 31.6 Å². The molecule has 2 rings (SSSR count). The Hall–Kier alpha value is -1.20. The summed E-state index contributed by atoms with van der Waals surface area (Å²) >= 11 is 0. The van der Waals surface area contributed by atoms with E-state index in [-0.39, 0.29) is 11.1 Å². The van der Waals surface area contributed by atoms with Gasteiger partial charge in [-0.3, -0.25) is 4.90 Å². The summed E-state index contributed by atoms with van der Waals surface area (Å²) in [4.78, 5) is 4.73. The van der Waals surface area contributed by atoms with Gasteiger partial charge in [0.05, 0.1) is 5.69 Å². The first-order valence-electron chi connectivity index (χ1n) is 7.71. The molecule has 1 aromatic heterocycles. The van der Waals surface area contributed by atoms with Crippen LogP contribution < -0.4 is 10.2 Å². The summed E-state index contributed by atoms with van der Waals surface area (Å²) in [5.74, 6) is 0.982. The van der Waals surface area contributed by atoms with Gasteiger partial charge in [0.25, 0.3) is 0 Å². The van der Waals surface area contributed by atoms with E-state index in [1.807, 2.05) is 0 Å². The van der Waals surface area contributed by atoms with Crippen molar-refractivity contribution < 1.29 is 0 Å². The highest BCUT2D eigenvalue weighted by Gasteiger charge is 2.31. The molecule has 118 valence electrons. The second-order valence-corrected chi connectivity index (χ2v) is 7.64. The Kier molecular flexibility index (Phi) is 4.54. The zero-order valence-corrected chi connectivity index (χ0v) is 14.3. The molecule has 1 aromatic rings. The second kappa shape index (κ2) is 5.89. The summed E-state index contributed by atoms with van der Waals surface area (Å²) in [6, 6.07) is 4.17. The molecule has 0 amide bonds. The van der Waals surface area contributed by atoms with Crippen molar-refractivity contribution in [2.24, 2.45) is 0 Å². The molecule has 1 aliphatic rings. The fourth-order valence-electron chi connectivity index (χ4n) is 2.41. The molecule has 5 heteroatoms. The molecule has 1 fully saturated rings. The normalized spacial score (nSPS) is 19.8. The number of aromatic nitrogens is 2. The van der Waals surface area contributed by atoms with Gasteiger partial charge in [-0.2, -0.15) is 5.10 Å². The average molecular weight is 291 g/mol. The van der Waals surface area contributed by atoms with E-state index in [9.17, 15) is 0 Å².